The Morgan fingerprint density at radius 2 is 2.07 bits per heavy atom. The molecule has 1 aliphatic carbocycles. The van der Waals surface area contributed by atoms with E-state index in [9.17, 15) is 9.59 Å². The highest BCUT2D eigenvalue weighted by Gasteiger charge is 2.21. The maximum Gasteiger partial charge on any atom is 0.346 e. The molecule has 6 nitrogen and oxygen atoms in total. The Labute approximate surface area is 86.5 Å². The molecule has 0 unspecified atom stereocenters. The van der Waals surface area contributed by atoms with Crippen molar-refractivity contribution in [2.75, 3.05) is 11.9 Å². The van der Waals surface area contributed by atoms with Crippen LogP contribution in [0.5, 0.6) is 0 Å². The SMILES string of the molecule is Cn1nc(NCC2CC2)c(=O)n(C)c1=O. The van der Waals surface area contributed by atoms with Crippen molar-refractivity contribution < 1.29 is 0 Å². The maximum atomic E-state index is 11.6. The Balaban J connectivity index is 2.29. The summed E-state index contributed by atoms with van der Waals surface area (Å²) in [7, 11) is 2.98. The van der Waals surface area contributed by atoms with Crippen LogP contribution >= 0.6 is 0 Å². The van der Waals surface area contributed by atoms with Crippen LogP contribution in [0.15, 0.2) is 9.59 Å². The molecule has 1 heterocycles. The third-order valence-corrected chi connectivity index (χ3v) is 2.58. The summed E-state index contributed by atoms with van der Waals surface area (Å²) < 4.78 is 2.22. The molecule has 1 saturated carbocycles. The van der Waals surface area contributed by atoms with Gasteiger partial charge in [-0.3, -0.25) is 9.36 Å². The zero-order valence-electron chi connectivity index (χ0n) is 8.86. The molecule has 2 rings (SSSR count). The normalized spacial score (nSPS) is 15.3. The Morgan fingerprint density at radius 1 is 1.40 bits per heavy atom. The molecule has 82 valence electrons. The van der Waals surface area contributed by atoms with Crippen LogP contribution in [0.3, 0.4) is 0 Å². The molecule has 1 fully saturated rings. The number of nitrogens with one attached hydrogen (secondary N) is 1. The van der Waals surface area contributed by atoms with Gasteiger partial charge in [-0.1, -0.05) is 0 Å². The molecule has 0 saturated heterocycles. The predicted molar refractivity (Wildman–Crippen MR) is 55.9 cm³/mol. The minimum Gasteiger partial charge on any atom is -0.364 e. The number of anilines is 1. The highest BCUT2D eigenvalue weighted by Crippen LogP contribution is 2.28. The van der Waals surface area contributed by atoms with Gasteiger partial charge in [0.05, 0.1) is 0 Å². The molecule has 0 bridgehead atoms. The standard InChI is InChI=1S/C9H14N4O2/c1-12-8(14)7(10-5-6-3-4-6)11-13(2)9(12)15/h6H,3-5H2,1-2H3,(H,10,11). The summed E-state index contributed by atoms with van der Waals surface area (Å²) in [4.78, 5) is 22.9. The van der Waals surface area contributed by atoms with E-state index in [2.05, 4.69) is 10.4 Å². The van der Waals surface area contributed by atoms with E-state index in [0.717, 1.165) is 15.8 Å². The van der Waals surface area contributed by atoms with Gasteiger partial charge in [0.25, 0.3) is 5.56 Å². The number of aryl methyl sites for hydroxylation is 1. The molecule has 6 heteroatoms. The first kappa shape index (κ1) is 9.95. The van der Waals surface area contributed by atoms with Crippen LogP contribution in [0.2, 0.25) is 0 Å². The lowest BCUT2D eigenvalue weighted by Gasteiger charge is -2.06. The first-order valence-corrected chi connectivity index (χ1v) is 4.98. The van der Waals surface area contributed by atoms with Crippen LogP contribution < -0.4 is 16.6 Å². The molecule has 0 amide bonds. The molecule has 0 spiro atoms. The minimum atomic E-state index is -0.406. The predicted octanol–water partition coefficient (Wildman–Crippen LogP) is -0.699. The topological polar surface area (TPSA) is 68.9 Å². The number of nitrogens with zero attached hydrogens (tertiary/aromatic N) is 3. The summed E-state index contributed by atoms with van der Waals surface area (Å²) in [5.41, 5.74) is -0.768. The first-order valence-electron chi connectivity index (χ1n) is 4.98. The van der Waals surface area contributed by atoms with Crippen molar-refractivity contribution in [2.45, 2.75) is 12.8 Å². The van der Waals surface area contributed by atoms with E-state index < -0.39 is 5.69 Å². The van der Waals surface area contributed by atoms with E-state index in [1.54, 1.807) is 0 Å². The van der Waals surface area contributed by atoms with Crippen molar-refractivity contribution in [3.8, 4) is 0 Å². The second kappa shape index (κ2) is 3.52. The number of aromatic nitrogens is 3. The van der Waals surface area contributed by atoms with Gasteiger partial charge in [-0.2, -0.15) is 0 Å². The molecular formula is C9H14N4O2. The van der Waals surface area contributed by atoms with Crippen LogP contribution in [0.1, 0.15) is 12.8 Å². The zero-order chi connectivity index (χ0) is 11.0. The van der Waals surface area contributed by atoms with Crippen molar-refractivity contribution in [3.05, 3.63) is 20.8 Å². The molecular weight excluding hydrogens is 196 g/mol. The maximum absolute atomic E-state index is 11.6. The van der Waals surface area contributed by atoms with Gasteiger partial charge in [0.15, 0.2) is 0 Å². The summed E-state index contributed by atoms with van der Waals surface area (Å²) in [5.74, 6) is 0.917. The van der Waals surface area contributed by atoms with Crippen LogP contribution in [-0.4, -0.2) is 20.9 Å². The smallest absolute Gasteiger partial charge is 0.346 e. The molecule has 1 N–H and O–H groups in total. The van der Waals surface area contributed by atoms with Gasteiger partial charge in [-0.25, -0.2) is 9.48 Å². The van der Waals surface area contributed by atoms with E-state index in [1.165, 1.54) is 26.9 Å². The van der Waals surface area contributed by atoms with E-state index in [0.29, 0.717) is 5.92 Å². The van der Waals surface area contributed by atoms with E-state index >= 15 is 0 Å². The third-order valence-electron chi connectivity index (χ3n) is 2.58. The molecule has 0 aliphatic heterocycles. The van der Waals surface area contributed by atoms with Gasteiger partial charge >= 0.3 is 5.69 Å². The average Bonchev–Trinajstić information content (AvgIpc) is 3.02. The van der Waals surface area contributed by atoms with Gasteiger partial charge in [-0.15, -0.1) is 5.10 Å². The molecule has 0 aromatic carbocycles. The van der Waals surface area contributed by atoms with Gasteiger partial charge in [0.2, 0.25) is 5.82 Å². The summed E-state index contributed by atoms with van der Waals surface area (Å²) in [6, 6.07) is 0. The summed E-state index contributed by atoms with van der Waals surface area (Å²) >= 11 is 0. The lowest BCUT2D eigenvalue weighted by Crippen LogP contribution is -2.40. The lowest BCUT2D eigenvalue weighted by atomic mass is 10.4. The van der Waals surface area contributed by atoms with Crippen molar-refractivity contribution >= 4 is 5.82 Å². The van der Waals surface area contributed by atoms with Gasteiger partial charge < -0.3 is 5.32 Å². The number of hydrogen-bond donors (Lipinski definition) is 1. The third kappa shape index (κ3) is 1.93. The Bertz CT molecular complexity index is 484. The van der Waals surface area contributed by atoms with Gasteiger partial charge in [0.1, 0.15) is 0 Å². The largest absolute Gasteiger partial charge is 0.364 e. The Kier molecular flexibility index (Phi) is 2.34. The van der Waals surface area contributed by atoms with Crippen LogP contribution in [0.4, 0.5) is 5.82 Å². The average molecular weight is 210 g/mol. The van der Waals surface area contributed by atoms with Crippen molar-refractivity contribution in [3.63, 3.8) is 0 Å². The van der Waals surface area contributed by atoms with Crippen molar-refractivity contribution in [1.82, 2.24) is 14.3 Å². The first-order chi connectivity index (χ1) is 7.09. The summed E-state index contributed by atoms with van der Waals surface area (Å²) in [6.07, 6.45) is 2.41. The fourth-order valence-corrected chi connectivity index (χ4v) is 1.37. The fraction of sp³-hybridized carbons (Fsp3) is 0.667. The second-order valence-corrected chi connectivity index (χ2v) is 3.94. The second-order valence-electron chi connectivity index (χ2n) is 3.94. The van der Waals surface area contributed by atoms with E-state index in [4.69, 9.17) is 0 Å². The van der Waals surface area contributed by atoms with Gasteiger partial charge in [0, 0.05) is 20.6 Å². The van der Waals surface area contributed by atoms with Crippen molar-refractivity contribution in [1.29, 1.82) is 0 Å². The monoisotopic (exact) mass is 210 g/mol. The fourth-order valence-electron chi connectivity index (χ4n) is 1.37. The summed E-state index contributed by atoms with van der Waals surface area (Å²) in [6.45, 7) is 0.764. The lowest BCUT2D eigenvalue weighted by molar-refractivity contribution is 0.603. The molecule has 0 atom stereocenters. The Hall–Kier alpha value is -1.59. The minimum absolute atomic E-state index is 0.256. The highest BCUT2D eigenvalue weighted by molar-refractivity contribution is 5.29. The molecule has 0 radical (unpaired) electrons. The van der Waals surface area contributed by atoms with Crippen LogP contribution in [0, 0.1) is 5.92 Å². The molecule has 1 aliphatic rings. The Morgan fingerprint density at radius 3 is 2.67 bits per heavy atom. The van der Waals surface area contributed by atoms with Gasteiger partial charge in [-0.05, 0) is 18.8 Å². The van der Waals surface area contributed by atoms with E-state index in [-0.39, 0.29) is 11.4 Å². The van der Waals surface area contributed by atoms with Crippen molar-refractivity contribution in [2.24, 2.45) is 20.0 Å². The summed E-state index contributed by atoms with van der Waals surface area (Å²) in [5, 5.41) is 6.87. The molecule has 1 aromatic heterocycles. The number of hydrogen-bond acceptors (Lipinski definition) is 4. The highest BCUT2D eigenvalue weighted by atomic mass is 16.2. The quantitative estimate of drug-likeness (QED) is 0.716. The van der Waals surface area contributed by atoms with Crippen LogP contribution in [-0.2, 0) is 14.1 Å². The molecule has 15 heavy (non-hydrogen) atoms. The number of rotatable bonds is 3. The van der Waals surface area contributed by atoms with E-state index in [1.807, 2.05) is 0 Å². The zero-order valence-corrected chi connectivity index (χ0v) is 8.86. The van der Waals surface area contributed by atoms with Crippen LogP contribution in [0.25, 0.3) is 0 Å². The molecule has 1 aromatic rings.